The Morgan fingerprint density at radius 3 is 2.65 bits per heavy atom. The highest BCUT2D eigenvalue weighted by molar-refractivity contribution is 8.00. The second kappa shape index (κ2) is 5.42. The Bertz CT molecular complexity index is 390. The highest BCUT2D eigenvalue weighted by Gasteiger charge is 2.34. The van der Waals surface area contributed by atoms with E-state index in [0.29, 0.717) is 5.92 Å². The molecule has 0 saturated heterocycles. The van der Waals surface area contributed by atoms with Gasteiger partial charge in [-0.25, -0.2) is 0 Å². The van der Waals surface area contributed by atoms with E-state index in [1.165, 1.54) is 28.9 Å². The summed E-state index contributed by atoms with van der Waals surface area (Å²) in [6.45, 7) is 4.38. The second-order valence-corrected chi connectivity index (χ2v) is 6.30. The Balaban J connectivity index is 2.06. The number of thioether (sulfide) groups is 1. The first kappa shape index (κ1) is 12.9. The maximum atomic E-state index is 9.48. The molecule has 2 rings (SSSR count). The molecule has 1 aliphatic carbocycles. The zero-order chi connectivity index (χ0) is 12.4. The van der Waals surface area contributed by atoms with Gasteiger partial charge in [0.2, 0.25) is 0 Å². The molecule has 3 heteroatoms. The van der Waals surface area contributed by atoms with Gasteiger partial charge in [0.25, 0.3) is 0 Å². The molecule has 0 spiro atoms. The van der Waals surface area contributed by atoms with E-state index in [4.69, 9.17) is 5.73 Å². The van der Waals surface area contributed by atoms with Crippen LogP contribution in [0.2, 0.25) is 0 Å². The Morgan fingerprint density at radius 2 is 2.12 bits per heavy atom. The summed E-state index contributed by atoms with van der Waals surface area (Å²) in [7, 11) is 0. The molecule has 1 fully saturated rings. The van der Waals surface area contributed by atoms with Gasteiger partial charge in [-0.3, -0.25) is 0 Å². The molecule has 17 heavy (non-hydrogen) atoms. The van der Waals surface area contributed by atoms with Crippen molar-refractivity contribution in [1.29, 1.82) is 0 Å². The molecule has 0 bridgehead atoms. The number of benzene rings is 1. The molecular weight excluding hydrogens is 230 g/mol. The standard InChI is InChI=1S/C14H21NOS/c1-9-3-6-12(10(2)7-9)17-13(8-16)14(15)11-4-5-11/h3,6-7,11,13-14,16H,4-5,8,15H2,1-2H3. The lowest BCUT2D eigenvalue weighted by atomic mass is 10.1. The predicted octanol–water partition coefficient (Wildman–Crippen LogP) is 2.49. The van der Waals surface area contributed by atoms with E-state index in [1.54, 1.807) is 11.8 Å². The van der Waals surface area contributed by atoms with Gasteiger partial charge in [-0.05, 0) is 44.2 Å². The van der Waals surface area contributed by atoms with Crippen molar-refractivity contribution in [3.05, 3.63) is 29.3 Å². The molecule has 2 atom stereocenters. The average molecular weight is 251 g/mol. The molecule has 0 aliphatic heterocycles. The van der Waals surface area contributed by atoms with Crippen LogP contribution < -0.4 is 5.73 Å². The first-order valence-electron chi connectivity index (χ1n) is 6.22. The molecule has 1 aromatic carbocycles. The minimum Gasteiger partial charge on any atom is -0.395 e. The smallest absolute Gasteiger partial charge is 0.0568 e. The monoisotopic (exact) mass is 251 g/mol. The third kappa shape index (κ3) is 3.24. The third-order valence-corrected chi connectivity index (χ3v) is 4.86. The van der Waals surface area contributed by atoms with Crippen LogP contribution in [0.1, 0.15) is 24.0 Å². The van der Waals surface area contributed by atoms with Gasteiger partial charge < -0.3 is 10.8 Å². The molecule has 1 aliphatic rings. The van der Waals surface area contributed by atoms with Crippen molar-refractivity contribution in [2.75, 3.05) is 6.61 Å². The van der Waals surface area contributed by atoms with Crippen molar-refractivity contribution in [3.63, 3.8) is 0 Å². The lowest BCUT2D eigenvalue weighted by Gasteiger charge is -2.22. The first-order chi connectivity index (χ1) is 8.11. The van der Waals surface area contributed by atoms with Crippen LogP contribution in [0.15, 0.2) is 23.1 Å². The van der Waals surface area contributed by atoms with Gasteiger partial charge in [0, 0.05) is 16.2 Å². The summed E-state index contributed by atoms with van der Waals surface area (Å²) < 4.78 is 0. The van der Waals surface area contributed by atoms with Gasteiger partial charge in [0.1, 0.15) is 0 Å². The van der Waals surface area contributed by atoms with E-state index in [0.717, 1.165) is 0 Å². The van der Waals surface area contributed by atoms with E-state index in [-0.39, 0.29) is 17.9 Å². The average Bonchev–Trinajstić information content (AvgIpc) is 3.11. The van der Waals surface area contributed by atoms with Gasteiger partial charge in [0.15, 0.2) is 0 Å². The fraction of sp³-hybridized carbons (Fsp3) is 0.571. The lowest BCUT2D eigenvalue weighted by molar-refractivity contribution is 0.277. The largest absolute Gasteiger partial charge is 0.395 e. The summed E-state index contributed by atoms with van der Waals surface area (Å²) >= 11 is 1.73. The molecular formula is C14H21NOS. The predicted molar refractivity (Wildman–Crippen MR) is 73.3 cm³/mol. The van der Waals surface area contributed by atoms with Crippen molar-refractivity contribution < 1.29 is 5.11 Å². The van der Waals surface area contributed by atoms with Crippen LogP contribution in [-0.4, -0.2) is 23.0 Å². The van der Waals surface area contributed by atoms with Crippen LogP contribution in [-0.2, 0) is 0 Å². The van der Waals surface area contributed by atoms with Crippen LogP contribution in [0, 0.1) is 19.8 Å². The summed E-state index contributed by atoms with van der Waals surface area (Å²) in [6.07, 6.45) is 2.45. The normalized spacial score (nSPS) is 19.1. The van der Waals surface area contributed by atoms with Crippen LogP contribution in [0.25, 0.3) is 0 Å². The van der Waals surface area contributed by atoms with Crippen molar-refractivity contribution in [2.45, 2.75) is 42.9 Å². The zero-order valence-electron chi connectivity index (χ0n) is 10.5. The summed E-state index contributed by atoms with van der Waals surface area (Å²) in [5.41, 5.74) is 8.73. The molecule has 0 radical (unpaired) electrons. The quantitative estimate of drug-likeness (QED) is 0.790. The number of rotatable bonds is 5. The lowest BCUT2D eigenvalue weighted by Crippen LogP contribution is -2.36. The van der Waals surface area contributed by atoms with Crippen molar-refractivity contribution in [1.82, 2.24) is 0 Å². The van der Waals surface area contributed by atoms with Crippen molar-refractivity contribution in [2.24, 2.45) is 11.7 Å². The van der Waals surface area contributed by atoms with Gasteiger partial charge >= 0.3 is 0 Å². The maximum Gasteiger partial charge on any atom is 0.0568 e. The molecule has 0 aromatic heterocycles. The Morgan fingerprint density at radius 1 is 1.41 bits per heavy atom. The highest BCUT2D eigenvalue weighted by Crippen LogP contribution is 2.38. The number of aryl methyl sites for hydroxylation is 2. The van der Waals surface area contributed by atoms with Gasteiger partial charge in [-0.1, -0.05) is 17.7 Å². The van der Waals surface area contributed by atoms with E-state index in [9.17, 15) is 5.11 Å². The van der Waals surface area contributed by atoms with E-state index >= 15 is 0 Å². The first-order valence-corrected chi connectivity index (χ1v) is 7.10. The maximum absolute atomic E-state index is 9.48. The number of aliphatic hydroxyl groups is 1. The zero-order valence-corrected chi connectivity index (χ0v) is 11.3. The van der Waals surface area contributed by atoms with Gasteiger partial charge in [-0.2, -0.15) is 0 Å². The molecule has 0 amide bonds. The van der Waals surface area contributed by atoms with E-state index < -0.39 is 0 Å². The van der Waals surface area contributed by atoms with Crippen molar-refractivity contribution >= 4 is 11.8 Å². The van der Waals surface area contributed by atoms with Crippen LogP contribution in [0.5, 0.6) is 0 Å². The van der Waals surface area contributed by atoms with Crippen LogP contribution in [0.4, 0.5) is 0 Å². The molecule has 0 heterocycles. The second-order valence-electron chi connectivity index (χ2n) is 5.02. The Kier molecular flexibility index (Phi) is 4.13. The summed E-state index contributed by atoms with van der Waals surface area (Å²) in [4.78, 5) is 1.24. The minimum atomic E-state index is 0.129. The minimum absolute atomic E-state index is 0.129. The number of hydrogen-bond donors (Lipinski definition) is 2. The number of nitrogens with two attached hydrogens (primary N) is 1. The highest BCUT2D eigenvalue weighted by atomic mass is 32.2. The molecule has 94 valence electrons. The third-order valence-electron chi connectivity index (χ3n) is 3.38. The molecule has 2 nitrogen and oxygen atoms in total. The fourth-order valence-electron chi connectivity index (χ4n) is 2.12. The molecule has 2 unspecified atom stereocenters. The Labute approximate surface area is 108 Å². The number of aliphatic hydroxyl groups excluding tert-OH is 1. The van der Waals surface area contributed by atoms with Gasteiger partial charge in [0.05, 0.1) is 6.61 Å². The fourth-order valence-corrected chi connectivity index (χ4v) is 3.29. The van der Waals surface area contributed by atoms with E-state index in [1.807, 2.05) is 0 Å². The molecule has 1 saturated carbocycles. The Hall–Kier alpha value is -0.510. The molecule has 3 N–H and O–H groups in total. The molecule has 1 aromatic rings. The van der Waals surface area contributed by atoms with Crippen LogP contribution >= 0.6 is 11.8 Å². The van der Waals surface area contributed by atoms with Crippen molar-refractivity contribution in [3.8, 4) is 0 Å². The van der Waals surface area contributed by atoms with E-state index in [2.05, 4.69) is 32.0 Å². The number of hydrogen-bond acceptors (Lipinski definition) is 3. The van der Waals surface area contributed by atoms with Gasteiger partial charge in [-0.15, -0.1) is 11.8 Å². The summed E-state index contributed by atoms with van der Waals surface area (Å²) in [5.74, 6) is 0.630. The summed E-state index contributed by atoms with van der Waals surface area (Å²) in [5, 5.41) is 9.61. The SMILES string of the molecule is Cc1ccc(SC(CO)C(N)C2CC2)c(C)c1. The van der Waals surface area contributed by atoms with Crippen LogP contribution in [0.3, 0.4) is 0 Å². The summed E-state index contributed by atoms with van der Waals surface area (Å²) in [6, 6.07) is 6.56. The topological polar surface area (TPSA) is 46.2 Å².